The molecule has 0 aliphatic carbocycles. The van der Waals surface area contributed by atoms with Crippen LogP contribution in [0.15, 0.2) is 55.1 Å². The van der Waals surface area contributed by atoms with Crippen molar-refractivity contribution >= 4 is 44.9 Å². The quantitative estimate of drug-likeness (QED) is 0.246. The van der Waals surface area contributed by atoms with Gasteiger partial charge >= 0.3 is 0 Å². The first-order valence-electron chi connectivity index (χ1n) is 11.9. The molecule has 0 bridgehead atoms. The number of fused-ring (bicyclic) bond motifs is 2. The third-order valence-corrected chi connectivity index (χ3v) is 6.77. The molecule has 0 aromatic carbocycles. The number of amides is 1. The van der Waals surface area contributed by atoms with E-state index in [4.69, 9.17) is 4.98 Å². The molecule has 0 saturated heterocycles. The largest absolute Gasteiger partial charge is 0.336 e. The van der Waals surface area contributed by atoms with Crippen molar-refractivity contribution in [3.63, 3.8) is 0 Å². The van der Waals surface area contributed by atoms with Crippen LogP contribution in [-0.2, 0) is 4.79 Å². The smallest absolute Gasteiger partial charge is 0.224 e. The fraction of sp³-hybridized carbons (Fsp3) is 0.185. The summed E-state index contributed by atoms with van der Waals surface area (Å²) in [5.41, 5.74) is 5.29. The number of carbonyl (C=O) groups is 1. The van der Waals surface area contributed by atoms with E-state index in [-0.39, 0.29) is 16.5 Å². The molecular formula is C27H23FN8OS. The Morgan fingerprint density at radius 1 is 1.05 bits per heavy atom. The first kappa shape index (κ1) is 23.9. The number of H-pyrrole nitrogens is 2. The van der Waals surface area contributed by atoms with E-state index in [1.165, 1.54) is 6.07 Å². The monoisotopic (exact) mass is 526 g/mol. The molecule has 0 aliphatic rings. The first-order chi connectivity index (χ1) is 18.2. The van der Waals surface area contributed by atoms with Crippen LogP contribution in [0.25, 0.3) is 55.3 Å². The van der Waals surface area contributed by atoms with Gasteiger partial charge in [0.05, 0.1) is 39.7 Å². The highest BCUT2D eigenvalue weighted by Crippen LogP contribution is 2.34. The summed E-state index contributed by atoms with van der Waals surface area (Å²) in [6.07, 6.45) is 7.09. The number of thiophene rings is 1. The van der Waals surface area contributed by atoms with Crippen LogP contribution in [0.1, 0.15) is 27.2 Å². The van der Waals surface area contributed by atoms with Gasteiger partial charge in [0.1, 0.15) is 16.9 Å². The van der Waals surface area contributed by atoms with E-state index in [0.29, 0.717) is 45.4 Å². The minimum atomic E-state index is -0.278. The maximum absolute atomic E-state index is 13.7. The van der Waals surface area contributed by atoms with E-state index in [9.17, 15) is 9.18 Å². The molecule has 9 nitrogen and oxygen atoms in total. The second-order valence-electron chi connectivity index (χ2n) is 10.2. The maximum atomic E-state index is 13.7. The first-order valence-corrected chi connectivity index (χ1v) is 12.8. The number of anilines is 1. The molecular weight excluding hydrogens is 503 g/mol. The van der Waals surface area contributed by atoms with Crippen LogP contribution in [0, 0.1) is 10.5 Å². The predicted octanol–water partition coefficient (Wildman–Crippen LogP) is 6.20. The summed E-state index contributed by atoms with van der Waals surface area (Å²) in [4.78, 5) is 34.5. The Bertz CT molecular complexity index is 1810. The van der Waals surface area contributed by atoms with E-state index in [2.05, 4.69) is 35.5 Å². The number of nitrogens with one attached hydrogen (secondary N) is 3. The number of aromatic amines is 2. The van der Waals surface area contributed by atoms with Gasteiger partial charge in [-0.25, -0.2) is 4.98 Å². The van der Waals surface area contributed by atoms with E-state index in [1.807, 2.05) is 39.0 Å². The van der Waals surface area contributed by atoms with Gasteiger partial charge in [-0.05, 0) is 35.7 Å². The van der Waals surface area contributed by atoms with E-state index >= 15 is 0 Å². The van der Waals surface area contributed by atoms with E-state index in [1.54, 1.807) is 30.9 Å². The van der Waals surface area contributed by atoms with Crippen molar-refractivity contribution in [1.82, 2.24) is 35.1 Å². The number of hydrogen-bond acceptors (Lipinski definition) is 7. The van der Waals surface area contributed by atoms with Gasteiger partial charge in [0.25, 0.3) is 0 Å². The van der Waals surface area contributed by atoms with E-state index in [0.717, 1.165) is 33.3 Å². The van der Waals surface area contributed by atoms with Crippen LogP contribution in [0.5, 0.6) is 0 Å². The number of nitrogens with zero attached hydrogens (tertiary/aromatic N) is 5. The summed E-state index contributed by atoms with van der Waals surface area (Å²) < 4.78 is 13.7. The number of pyridine rings is 3. The zero-order chi connectivity index (χ0) is 26.4. The molecule has 11 heteroatoms. The molecule has 190 valence electrons. The third-order valence-electron chi connectivity index (χ3n) is 5.89. The van der Waals surface area contributed by atoms with Crippen LogP contribution in [0.2, 0.25) is 0 Å². The van der Waals surface area contributed by atoms with Crippen LogP contribution < -0.4 is 5.32 Å². The van der Waals surface area contributed by atoms with Crippen molar-refractivity contribution < 1.29 is 9.18 Å². The van der Waals surface area contributed by atoms with Gasteiger partial charge in [-0.3, -0.25) is 24.8 Å². The highest BCUT2D eigenvalue weighted by atomic mass is 32.1. The molecule has 0 atom stereocenters. The summed E-state index contributed by atoms with van der Waals surface area (Å²) in [6, 6.07) is 8.70. The van der Waals surface area contributed by atoms with Crippen molar-refractivity contribution in [3.8, 4) is 33.3 Å². The van der Waals surface area contributed by atoms with Gasteiger partial charge in [0.15, 0.2) is 11.0 Å². The normalized spacial score (nSPS) is 11.9. The molecule has 6 aromatic heterocycles. The Morgan fingerprint density at radius 2 is 1.92 bits per heavy atom. The fourth-order valence-electron chi connectivity index (χ4n) is 4.26. The summed E-state index contributed by atoms with van der Waals surface area (Å²) in [7, 11) is 0. The molecule has 6 aromatic rings. The average molecular weight is 527 g/mol. The predicted molar refractivity (Wildman–Crippen MR) is 146 cm³/mol. The van der Waals surface area contributed by atoms with Crippen molar-refractivity contribution in [1.29, 1.82) is 0 Å². The van der Waals surface area contributed by atoms with Crippen LogP contribution in [-0.4, -0.2) is 41.0 Å². The number of imidazole rings is 1. The summed E-state index contributed by atoms with van der Waals surface area (Å²) >= 11 is 1.03. The SMILES string of the molecule is CC(C)(C)CC(=O)Nc1cncc(-c2cc3c(-c4nc5c(-c6ccc(F)s6)nccc5[nH]4)n[nH]c3cn2)c1. The van der Waals surface area contributed by atoms with Crippen LogP contribution in [0.4, 0.5) is 10.1 Å². The number of hydrogen-bond donors (Lipinski definition) is 3. The number of halogens is 1. The van der Waals surface area contributed by atoms with Gasteiger partial charge in [-0.15, -0.1) is 11.3 Å². The molecule has 0 unspecified atom stereocenters. The van der Waals surface area contributed by atoms with Gasteiger partial charge in [-0.1, -0.05) is 20.8 Å². The molecule has 0 aliphatic heterocycles. The highest BCUT2D eigenvalue weighted by Gasteiger charge is 2.19. The number of rotatable bonds is 5. The molecule has 0 saturated carbocycles. The highest BCUT2D eigenvalue weighted by molar-refractivity contribution is 7.13. The van der Waals surface area contributed by atoms with Crippen molar-refractivity contribution in [3.05, 3.63) is 60.3 Å². The van der Waals surface area contributed by atoms with Crippen molar-refractivity contribution in [2.45, 2.75) is 27.2 Å². The topological polar surface area (TPSA) is 125 Å². The molecule has 6 rings (SSSR count). The van der Waals surface area contributed by atoms with Gasteiger partial charge < -0.3 is 10.3 Å². The Balaban J connectivity index is 1.36. The minimum Gasteiger partial charge on any atom is -0.336 e. The summed E-state index contributed by atoms with van der Waals surface area (Å²) in [5, 5.41) is 11.0. The lowest BCUT2D eigenvalue weighted by Crippen LogP contribution is -2.19. The Kier molecular flexibility index (Phi) is 5.72. The second kappa shape index (κ2) is 9.10. The van der Waals surface area contributed by atoms with Crippen LogP contribution >= 0.6 is 11.3 Å². The lowest BCUT2D eigenvalue weighted by molar-refractivity contribution is -0.117. The minimum absolute atomic E-state index is 0.0685. The van der Waals surface area contributed by atoms with Crippen molar-refractivity contribution in [2.75, 3.05) is 5.32 Å². The molecule has 0 spiro atoms. The lowest BCUT2D eigenvalue weighted by Gasteiger charge is -2.17. The van der Waals surface area contributed by atoms with Gasteiger partial charge in [0.2, 0.25) is 5.91 Å². The molecule has 6 heterocycles. The number of aromatic nitrogens is 7. The Labute approximate surface area is 220 Å². The lowest BCUT2D eigenvalue weighted by atomic mass is 9.92. The van der Waals surface area contributed by atoms with Crippen molar-refractivity contribution in [2.24, 2.45) is 5.41 Å². The van der Waals surface area contributed by atoms with Gasteiger partial charge in [0, 0.05) is 29.8 Å². The Morgan fingerprint density at radius 3 is 2.71 bits per heavy atom. The molecule has 0 fully saturated rings. The van der Waals surface area contributed by atoms with E-state index < -0.39 is 0 Å². The van der Waals surface area contributed by atoms with Crippen LogP contribution in [0.3, 0.4) is 0 Å². The molecule has 3 N–H and O–H groups in total. The number of carbonyl (C=O) groups excluding carboxylic acids is 1. The summed E-state index contributed by atoms with van der Waals surface area (Å²) in [5.74, 6) is 0.483. The fourth-order valence-corrected chi connectivity index (χ4v) is 4.99. The third kappa shape index (κ3) is 4.63. The molecule has 0 radical (unpaired) electrons. The zero-order valence-corrected chi connectivity index (χ0v) is 21.7. The summed E-state index contributed by atoms with van der Waals surface area (Å²) in [6.45, 7) is 6.05. The molecule has 1 amide bonds. The second-order valence-corrected chi connectivity index (χ2v) is 11.2. The Hall–Kier alpha value is -4.51. The average Bonchev–Trinajstić information content (AvgIpc) is 3.60. The standard InChI is InChI=1S/C27H23FN8OS/c1-27(2,3)10-22(37)32-15-8-14(11-29-12-15)18-9-16-19(13-31-18)35-36-23(16)26-33-17-6-7-30-25(24(17)34-26)20-4-5-21(28)38-20/h4-9,11-13H,10H2,1-3H3,(H,32,37)(H,33,34)(H,35,36). The zero-order valence-electron chi connectivity index (χ0n) is 20.8. The maximum Gasteiger partial charge on any atom is 0.224 e. The molecule has 38 heavy (non-hydrogen) atoms. The van der Waals surface area contributed by atoms with Gasteiger partial charge in [-0.2, -0.15) is 9.49 Å².